The van der Waals surface area contributed by atoms with E-state index < -0.39 is 6.17 Å². The Hall–Kier alpha value is -0.600. The van der Waals surface area contributed by atoms with Crippen LogP contribution in [0.15, 0.2) is 0 Å². The first kappa shape index (κ1) is 21.7. The minimum absolute atomic E-state index is 0.0496. The third-order valence-corrected chi connectivity index (χ3v) is 6.88. The molecule has 1 atom stereocenters. The summed E-state index contributed by atoms with van der Waals surface area (Å²) in [5.41, 5.74) is 0.00131. The van der Waals surface area contributed by atoms with Crippen LogP contribution in [-0.2, 0) is 9.53 Å². The lowest BCUT2D eigenvalue weighted by Crippen LogP contribution is -2.18. The Balaban J connectivity index is 1.33. The highest BCUT2D eigenvalue weighted by molar-refractivity contribution is 5.79. The van der Waals surface area contributed by atoms with E-state index in [9.17, 15) is 9.18 Å². The maximum atomic E-state index is 13.5. The minimum atomic E-state index is -0.602. The molecule has 0 heterocycles. The lowest BCUT2D eigenvalue weighted by Gasteiger charge is -2.15. The number of carbonyl (C=O) groups excluding carboxylic acids is 1. The molecule has 0 aromatic carbocycles. The zero-order valence-electron chi connectivity index (χ0n) is 17.3. The fourth-order valence-corrected chi connectivity index (χ4v) is 4.35. The third kappa shape index (κ3) is 6.85. The number of ether oxygens (including phenoxy) is 1. The van der Waals surface area contributed by atoms with Crippen molar-refractivity contribution in [3.05, 3.63) is 0 Å². The Bertz CT molecular complexity index is 410. The molecular formula is C23H41FO2. The van der Waals surface area contributed by atoms with Crippen LogP contribution < -0.4 is 0 Å². The van der Waals surface area contributed by atoms with E-state index in [4.69, 9.17) is 4.74 Å². The second-order valence-electron chi connectivity index (χ2n) is 9.01. The van der Waals surface area contributed by atoms with Crippen molar-refractivity contribution >= 4 is 5.97 Å². The first-order valence-corrected chi connectivity index (χ1v) is 11.4. The summed E-state index contributed by atoms with van der Waals surface area (Å²) in [6.07, 6.45) is 18.8. The van der Waals surface area contributed by atoms with Gasteiger partial charge in [-0.15, -0.1) is 0 Å². The molecule has 0 saturated heterocycles. The van der Waals surface area contributed by atoms with E-state index in [1.54, 1.807) is 6.92 Å². The van der Waals surface area contributed by atoms with Gasteiger partial charge in [0.1, 0.15) is 6.17 Å². The first-order chi connectivity index (χ1) is 12.5. The van der Waals surface area contributed by atoms with Gasteiger partial charge in [0, 0.05) is 5.41 Å². The molecule has 0 aromatic rings. The molecular weight excluding hydrogens is 327 g/mol. The second kappa shape index (κ2) is 10.7. The van der Waals surface area contributed by atoms with Crippen molar-refractivity contribution in [3.63, 3.8) is 0 Å². The highest BCUT2D eigenvalue weighted by atomic mass is 19.1. The summed E-state index contributed by atoms with van der Waals surface area (Å²) in [4.78, 5) is 11.9. The Morgan fingerprint density at radius 1 is 0.846 bits per heavy atom. The smallest absolute Gasteiger partial charge is 0.312 e. The molecule has 0 radical (unpaired) electrons. The Morgan fingerprint density at radius 2 is 1.31 bits per heavy atom. The SMILES string of the molecule is CCOC(=O)C1(CCCCCCCCCCCCC2(C(C)F)CC2)CC1. The van der Waals surface area contributed by atoms with Crippen LogP contribution in [0.3, 0.4) is 0 Å². The molecule has 2 nitrogen and oxygen atoms in total. The fourth-order valence-electron chi connectivity index (χ4n) is 4.35. The lowest BCUT2D eigenvalue weighted by molar-refractivity contribution is -0.150. The largest absolute Gasteiger partial charge is 0.466 e. The molecule has 3 heteroatoms. The molecule has 26 heavy (non-hydrogen) atoms. The van der Waals surface area contributed by atoms with Crippen LogP contribution in [-0.4, -0.2) is 18.7 Å². The quantitative estimate of drug-likeness (QED) is 0.213. The van der Waals surface area contributed by atoms with Gasteiger partial charge in [0.25, 0.3) is 0 Å². The van der Waals surface area contributed by atoms with E-state index in [-0.39, 0.29) is 16.8 Å². The van der Waals surface area contributed by atoms with E-state index in [1.165, 1.54) is 64.2 Å². The van der Waals surface area contributed by atoms with Crippen LogP contribution in [0.25, 0.3) is 0 Å². The van der Waals surface area contributed by atoms with Crippen molar-refractivity contribution in [2.45, 2.75) is 123 Å². The molecule has 1 unspecified atom stereocenters. The summed E-state index contributed by atoms with van der Waals surface area (Å²) < 4.78 is 18.7. The molecule has 0 amide bonds. The van der Waals surface area contributed by atoms with Crippen LogP contribution in [0.4, 0.5) is 4.39 Å². The molecule has 2 fully saturated rings. The van der Waals surface area contributed by atoms with Gasteiger partial charge in [0.2, 0.25) is 0 Å². The Morgan fingerprint density at radius 3 is 1.69 bits per heavy atom. The molecule has 2 saturated carbocycles. The van der Waals surface area contributed by atoms with Gasteiger partial charge >= 0.3 is 5.97 Å². The van der Waals surface area contributed by atoms with E-state index in [0.29, 0.717) is 6.61 Å². The van der Waals surface area contributed by atoms with Gasteiger partial charge in [-0.05, 0) is 52.4 Å². The molecule has 0 aromatic heterocycles. The van der Waals surface area contributed by atoms with Crippen LogP contribution in [0.5, 0.6) is 0 Å². The summed E-state index contributed by atoms with van der Waals surface area (Å²) in [6, 6.07) is 0. The maximum absolute atomic E-state index is 13.5. The van der Waals surface area contributed by atoms with Crippen molar-refractivity contribution in [2.24, 2.45) is 10.8 Å². The predicted octanol–water partition coefficient (Wildman–Crippen LogP) is 7.15. The monoisotopic (exact) mass is 368 g/mol. The van der Waals surface area contributed by atoms with E-state index >= 15 is 0 Å². The highest BCUT2D eigenvalue weighted by Gasteiger charge is 2.50. The summed E-state index contributed by atoms with van der Waals surface area (Å²) in [6.45, 7) is 4.15. The first-order valence-electron chi connectivity index (χ1n) is 11.4. The number of esters is 1. The number of unbranched alkanes of at least 4 members (excludes halogenated alkanes) is 9. The van der Waals surface area contributed by atoms with Gasteiger partial charge in [-0.1, -0.05) is 64.2 Å². The summed E-state index contributed by atoms with van der Waals surface area (Å²) in [5.74, 6) is 0.0496. The van der Waals surface area contributed by atoms with Gasteiger partial charge < -0.3 is 4.74 Å². The van der Waals surface area contributed by atoms with Crippen molar-refractivity contribution in [2.75, 3.05) is 6.61 Å². The predicted molar refractivity (Wildman–Crippen MR) is 106 cm³/mol. The topological polar surface area (TPSA) is 26.3 Å². The maximum Gasteiger partial charge on any atom is 0.312 e. The number of hydrogen-bond acceptors (Lipinski definition) is 2. The normalized spacial score (nSPS) is 20.6. The summed E-state index contributed by atoms with van der Waals surface area (Å²) in [7, 11) is 0. The molecule has 0 spiro atoms. The van der Waals surface area contributed by atoms with Crippen LogP contribution in [0.2, 0.25) is 0 Å². The van der Waals surface area contributed by atoms with E-state index in [2.05, 4.69) is 0 Å². The van der Waals surface area contributed by atoms with Gasteiger partial charge in [0.15, 0.2) is 0 Å². The lowest BCUT2D eigenvalue weighted by atomic mass is 9.93. The molecule has 2 rings (SSSR count). The van der Waals surface area contributed by atoms with E-state index in [0.717, 1.165) is 38.5 Å². The minimum Gasteiger partial charge on any atom is -0.466 e. The van der Waals surface area contributed by atoms with E-state index in [1.807, 2.05) is 6.92 Å². The van der Waals surface area contributed by atoms with Crippen molar-refractivity contribution in [3.8, 4) is 0 Å². The molecule has 0 bridgehead atoms. The zero-order chi connectivity index (χ0) is 18.9. The Labute approximate surface area is 160 Å². The van der Waals surface area contributed by atoms with Crippen LogP contribution >= 0.6 is 0 Å². The van der Waals surface area contributed by atoms with Crippen LogP contribution in [0.1, 0.15) is 117 Å². The molecule has 0 aliphatic heterocycles. The van der Waals surface area contributed by atoms with Gasteiger partial charge in [0.05, 0.1) is 12.0 Å². The van der Waals surface area contributed by atoms with Crippen molar-refractivity contribution < 1.29 is 13.9 Å². The number of rotatable bonds is 16. The standard InChI is InChI=1S/C23H41FO2/c1-3-26-21(25)23(18-19-23)15-13-11-9-7-5-4-6-8-10-12-14-22(16-17-22)20(2)24/h20H,3-19H2,1-2H3. The number of hydrogen-bond donors (Lipinski definition) is 0. The molecule has 2 aliphatic carbocycles. The Kier molecular flexibility index (Phi) is 8.90. The number of alkyl halides is 1. The van der Waals surface area contributed by atoms with Crippen molar-refractivity contribution in [1.29, 1.82) is 0 Å². The summed E-state index contributed by atoms with van der Waals surface area (Å²) >= 11 is 0. The molecule has 0 N–H and O–H groups in total. The zero-order valence-corrected chi connectivity index (χ0v) is 17.3. The average Bonchev–Trinajstić information content (AvgIpc) is 3.52. The molecule has 2 aliphatic rings. The third-order valence-electron chi connectivity index (χ3n) is 6.88. The second-order valence-corrected chi connectivity index (χ2v) is 9.01. The average molecular weight is 369 g/mol. The fraction of sp³-hybridized carbons (Fsp3) is 0.957. The van der Waals surface area contributed by atoms with Gasteiger partial charge in [-0.2, -0.15) is 0 Å². The van der Waals surface area contributed by atoms with Gasteiger partial charge in [-0.3, -0.25) is 4.79 Å². The molecule has 152 valence electrons. The number of carbonyl (C=O) groups is 1. The number of halogens is 1. The van der Waals surface area contributed by atoms with Crippen molar-refractivity contribution in [1.82, 2.24) is 0 Å². The van der Waals surface area contributed by atoms with Crippen LogP contribution in [0, 0.1) is 10.8 Å². The highest BCUT2D eigenvalue weighted by Crippen LogP contribution is 2.54. The van der Waals surface area contributed by atoms with Gasteiger partial charge in [-0.25, -0.2) is 4.39 Å². The summed E-state index contributed by atoms with van der Waals surface area (Å²) in [5, 5.41) is 0.